The summed E-state index contributed by atoms with van der Waals surface area (Å²) in [6.45, 7) is 9.48. The van der Waals surface area contributed by atoms with E-state index in [1.165, 1.54) is 17.9 Å². The third-order valence-corrected chi connectivity index (χ3v) is 15.4. The van der Waals surface area contributed by atoms with Gasteiger partial charge in [-0.2, -0.15) is 0 Å². The summed E-state index contributed by atoms with van der Waals surface area (Å²) in [5.74, 6) is 1.72. The maximum absolute atomic E-state index is 16.2. The van der Waals surface area contributed by atoms with Crippen LogP contribution in [-0.2, 0) is 38.2 Å². The number of aryl methyl sites for hydroxylation is 1. The Hall–Kier alpha value is -5.62. The van der Waals surface area contributed by atoms with Gasteiger partial charge in [0, 0.05) is 43.1 Å². The molecule has 2 fully saturated rings. The van der Waals surface area contributed by atoms with Crippen LogP contribution in [0.3, 0.4) is 0 Å². The second-order valence-corrected chi connectivity index (χ2v) is 20.0. The van der Waals surface area contributed by atoms with Gasteiger partial charge in [-0.1, -0.05) is 54.6 Å². The largest absolute Gasteiger partial charge is 0.497 e. The van der Waals surface area contributed by atoms with Gasteiger partial charge in [-0.05, 0) is 113 Å². The Morgan fingerprint density at radius 1 is 0.775 bits per heavy atom. The molecular formula is C53H67N4O13P. The molecule has 4 aromatic carbocycles. The second-order valence-electron chi connectivity index (χ2n) is 18.1. The van der Waals surface area contributed by atoms with Crippen molar-refractivity contribution in [1.29, 1.82) is 0 Å². The lowest BCUT2D eigenvalue weighted by Gasteiger charge is -2.40. The molecule has 2 saturated heterocycles. The summed E-state index contributed by atoms with van der Waals surface area (Å²) in [5.41, 5.74) is 0.345. The SMILES string of the molecule is COCCO[C@@H]1[C@H](OP(=O)(OC[C@H]2CCCN2C(=O)c2ccc(OC)cc2)N(C(C)C)C(C)C)[C@@H](COC(c2ccccc2)(c2ccc(OC)cc2)c2ccc(OC)cc2)O[C@H]1n1cc(C)c(=O)[nH]c1=O. The fraction of sp³-hybridized carbons (Fsp3) is 0.453. The molecule has 17 nitrogen and oxygen atoms in total. The van der Waals surface area contributed by atoms with Crippen LogP contribution in [0.2, 0.25) is 0 Å². The van der Waals surface area contributed by atoms with Crippen LogP contribution in [0.15, 0.2) is 119 Å². The molecule has 0 saturated carbocycles. The molecule has 3 heterocycles. The van der Waals surface area contributed by atoms with E-state index in [9.17, 15) is 14.4 Å². The molecule has 1 amide bonds. The number of ether oxygens (including phenoxy) is 7. The number of carbonyl (C=O) groups excluding carboxylic acids is 1. The number of H-pyrrole nitrogens is 1. The Morgan fingerprint density at radius 2 is 1.34 bits per heavy atom. The minimum atomic E-state index is -4.44. The minimum absolute atomic E-state index is 0.0188. The van der Waals surface area contributed by atoms with E-state index in [1.54, 1.807) is 62.1 Å². The molecule has 0 bridgehead atoms. The number of hydrogen-bond donors (Lipinski definition) is 1. The van der Waals surface area contributed by atoms with Crippen LogP contribution in [0.1, 0.15) is 79.4 Å². The predicted molar refractivity (Wildman–Crippen MR) is 267 cm³/mol. The third-order valence-electron chi connectivity index (χ3n) is 12.9. The standard InChI is InChI=1S/C53H67N4O13P/c1-35(2)57(36(3)4)71(61,68-33-42-16-13-29-55(42)50(59)38-17-23-43(63-7)24-18-38)70-47-46(69-51(48(47)66-31-30-62-6)56-32-37(5)49(58)54-52(56)60)34-67-53(39-14-11-10-12-15-39,40-19-25-44(64-8)26-20-40)41-21-27-45(65-9)28-22-41/h10-12,14-15,17-28,32,35-36,42,46-48,51H,13,16,29-31,33-34H2,1-9H3,(H,54,58,60)/t42-,46-,47-,48-,51-,71?/m1/s1. The van der Waals surface area contributed by atoms with Gasteiger partial charge in [0.1, 0.15) is 41.2 Å². The van der Waals surface area contributed by atoms with E-state index in [0.717, 1.165) is 16.7 Å². The maximum atomic E-state index is 16.2. The van der Waals surface area contributed by atoms with Crippen LogP contribution in [-0.4, -0.2) is 123 Å². The molecule has 6 atom stereocenters. The molecule has 2 aliphatic rings. The highest BCUT2D eigenvalue weighted by molar-refractivity contribution is 7.51. The molecule has 382 valence electrons. The molecule has 1 N–H and O–H groups in total. The Labute approximate surface area is 415 Å². The van der Waals surface area contributed by atoms with Crippen LogP contribution in [0.4, 0.5) is 0 Å². The number of nitrogens with one attached hydrogen (secondary N) is 1. The first-order chi connectivity index (χ1) is 34.2. The fourth-order valence-corrected chi connectivity index (χ4v) is 11.9. The van der Waals surface area contributed by atoms with E-state index in [1.807, 2.05) is 107 Å². The first kappa shape index (κ1) is 53.2. The smallest absolute Gasteiger partial charge is 0.409 e. The van der Waals surface area contributed by atoms with Gasteiger partial charge < -0.3 is 38.1 Å². The molecular weight excluding hydrogens is 932 g/mol. The van der Waals surface area contributed by atoms with Gasteiger partial charge in [-0.25, -0.2) is 14.0 Å². The Balaban J connectivity index is 1.34. The van der Waals surface area contributed by atoms with Gasteiger partial charge in [0.15, 0.2) is 6.23 Å². The topological polar surface area (TPSA) is 179 Å². The summed E-state index contributed by atoms with van der Waals surface area (Å²) in [6.07, 6.45) is -2.06. The summed E-state index contributed by atoms with van der Waals surface area (Å²) in [6, 6.07) is 30.6. The lowest BCUT2D eigenvalue weighted by molar-refractivity contribution is -0.0993. The zero-order valence-corrected chi connectivity index (χ0v) is 42.9. The molecule has 1 unspecified atom stereocenters. The van der Waals surface area contributed by atoms with Crippen molar-refractivity contribution < 1.29 is 51.6 Å². The number of nitrogens with zero attached hydrogens (tertiary/aromatic N) is 3. The highest BCUT2D eigenvalue weighted by atomic mass is 31.2. The van der Waals surface area contributed by atoms with Gasteiger partial charge in [-0.3, -0.25) is 28.2 Å². The van der Waals surface area contributed by atoms with Crippen molar-refractivity contribution in [3.8, 4) is 17.2 Å². The fourth-order valence-electron chi connectivity index (χ4n) is 9.52. The molecule has 71 heavy (non-hydrogen) atoms. The van der Waals surface area contributed by atoms with E-state index < -0.39 is 55.2 Å². The number of rotatable bonds is 23. The van der Waals surface area contributed by atoms with Crippen LogP contribution < -0.4 is 25.5 Å². The highest BCUT2D eigenvalue weighted by Gasteiger charge is 2.54. The van der Waals surface area contributed by atoms with Gasteiger partial charge >= 0.3 is 13.4 Å². The number of aromatic amines is 1. The summed E-state index contributed by atoms with van der Waals surface area (Å²) in [5, 5.41) is 0. The molecule has 0 aliphatic carbocycles. The average molecular weight is 999 g/mol. The van der Waals surface area contributed by atoms with Crippen molar-refractivity contribution in [3.63, 3.8) is 0 Å². The average Bonchev–Trinajstić information content (AvgIpc) is 3.99. The van der Waals surface area contributed by atoms with E-state index in [0.29, 0.717) is 42.2 Å². The summed E-state index contributed by atoms with van der Waals surface area (Å²) in [7, 11) is 1.86. The zero-order chi connectivity index (χ0) is 50.9. The van der Waals surface area contributed by atoms with Crippen molar-refractivity contribution in [1.82, 2.24) is 19.1 Å². The summed E-state index contributed by atoms with van der Waals surface area (Å²) in [4.78, 5) is 44.7. The molecule has 0 radical (unpaired) electrons. The van der Waals surface area contributed by atoms with Gasteiger partial charge in [0.2, 0.25) is 0 Å². The number of methoxy groups -OCH3 is 4. The highest BCUT2D eigenvalue weighted by Crippen LogP contribution is 2.58. The van der Waals surface area contributed by atoms with Gasteiger partial charge in [0.25, 0.3) is 11.5 Å². The summed E-state index contributed by atoms with van der Waals surface area (Å²) >= 11 is 0. The van der Waals surface area contributed by atoms with Crippen LogP contribution in [0.5, 0.6) is 17.2 Å². The third kappa shape index (κ3) is 11.7. The number of carbonyl (C=O) groups is 1. The zero-order valence-electron chi connectivity index (χ0n) is 42.0. The number of benzene rings is 4. The lowest BCUT2D eigenvalue weighted by Crippen LogP contribution is -2.45. The van der Waals surface area contributed by atoms with Crippen LogP contribution in [0.25, 0.3) is 0 Å². The normalized spacial score (nSPS) is 20.2. The van der Waals surface area contributed by atoms with Crippen molar-refractivity contribution in [2.45, 2.75) is 95.7 Å². The van der Waals surface area contributed by atoms with Gasteiger partial charge in [0.05, 0.1) is 53.8 Å². The van der Waals surface area contributed by atoms with Crippen molar-refractivity contribution in [3.05, 3.63) is 158 Å². The molecule has 0 spiro atoms. The lowest BCUT2D eigenvalue weighted by atomic mass is 9.80. The van der Waals surface area contributed by atoms with Crippen molar-refractivity contribution in [2.75, 3.05) is 61.4 Å². The van der Waals surface area contributed by atoms with E-state index in [-0.39, 0.29) is 50.0 Å². The summed E-state index contributed by atoms with van der Waals surface area (Å²) < 4.78 is 75.6. The van der Waals surface area contributed by atoms with Crippen molar-refractivity contribution in [2.24, 2.45) is 0 Å². The maximum Gasteiger partial charge on any atom is 0.409 e. The molecule has 18 heteroatoms. The Morgan fingerprint density at radius 3 is 1.89 bits per heavy atom. The number of hydrogen-bond acceptors (Lipinski definition) is 13. The Bertz CT molecular complexity index is 2620. The predicted octanol–water partition coefficient (Wildman–Crippen LogP) is 7.74. The van der Waals surface area contributed by atoms with E-state index in [2.05, 4.69) is 4.98 Å². The molecule has 7 rings (SSSR count). The first-order valence-electron chi connectivity index (χ1n) is 23.9. The first-order valence-corrected chi connectivity index (χ1v) is 25.4. The second kappa shape index (κ2) is 23.7. The number of likely N-dealkylation sites (tertiary alicyclic amines) is 1. The van der Waals surface area contributed by atoms with Crippen LogP contribution >= 0.6 is 7.75 Å². The minimum Gasteiger partial charge on any atom is -0.497 e. The molecule has 2 aliphatic heterocycles. The monoisotopic (exact) mass is 998 g/mol. The van der Waals surface area contributed by atoms with Gasteiger partial charge in [-0.15, -0.1) is 0 Å². The quantitative estimate of drug-likeness (QED) is 0.0382. The molecule has 5 aromatic rings. The Kier molecular flexibility index (Phi) is 17.8. The van der Waals surface area contributed by atoms with E-state index >= 15 is 4.57 Å². The molecule has 1 aromatic heterocycles. The van der Waals surface area contributed by atoms with Crippen molar-refractivity contribution >= 4 is 13.7 Å². The number of amides is 1. The van der Waals surface area contributed by atoms with E-state index in [4.69, 9.17) is 42.2 Å². The number of aromatic nitrogens is 2. The van der Waals surface area contributed by atoms with Crippen LogP contribution in [0, 0.1) is 6.92 Å².